The lowest BCUT2D eigenvalue weighted by molar-refractivity contribution is -0.451. The second kappa shape index (κ2) is 8.77. The highest BCUT2D eigenvalue weighted by atomic mass is 19.4. The van der Waals surface area contributed by atoms with Gasteiger partial charge in [-0.25, -0.2) is 13.2 Å². The molecule has 0 spiro atoms. The predicted molar refractivity (Wildman–Crippen MR) is 62.5 cm³/mol. The number of hydrogen-bond acceptors (Lipinski definition) is 1. The molecule has 0 bridgehead atoms. The molecule has 0 aliphatic rings. The molecule has 0 aromatic rings. The van der Waals surface area contributed by atoms with Crippen molar-refractivity contribution in [3.05, 3.63) is 0 Å². The van der Waals surface area contributed by atoms with Crippen LogP contribution < -0.4 is 0 Å². The average Bonchev–Trinajstić information content (AvgIpc) is 2.64. The zero-order chi connectivity index (χ0) is 29.1. The molecule has 0 rings (SSSR count). The lowest BCUT2D eigenvalue weighted by Crippen LogP contribution is -2.74. The Kier molecular flexibility index (Phi) is 8.37. The molecule has 0 fully saturated rings. The standard InChI is InChI=1S/C12H4F22O/c13-2(6(20,21)22)7(23,24)35-1-4(16,17)8(25,26)10(29,30)12(33,34)11(31,32)9(27,28)5(18,19)3(14)15/h2-3H,1H2. The number of alkyl halides is 22. The summed E-state index contributed by atoms with van der Waals surface area (Å²) < 4.78 is 283. The molecule has 0 radical (unpaired) electrons. The Morgan fingerprint density at radius 2 is 0.771 bits per heavy atom. The maximum Gasteiger partial charge on any atom is 0.428 e. The first-order valence-electron chi connectivity index (χ1n) is 7.46. The Bertz CT molecular complexity index is 733. The van der Waals surface area contributed by atoms with E-state index in [0.29, 0.717) is 0 Å². The largest absolute Gasteiger partial charge is 0.428 e. The Hall–Kier alpha value is -1.58. The van der Waals surface area contributed by atoms with Crippen LogP contribution in [0, 0.1) is 0 Å². The predicted octanol–water partition coefficient (Wildman–Crippen LogP) is 7.21. The topological polar surface area (TPSA) is 9.23 Å². The molecule has 1 atom stereocenters. The fraction of sp³-hybridized carbons (Fsp3) is 1.00. The van der Waals surface area contributed by atoms with E-state index >= 15 is 0 Å². The van der Waals surface area contributed by atoms with E-state index in [1.165, 1.54) is 0 Å². The average molecular weight is 582 g/mol. The summed E-state index contributed by atoms with van der Waals surface area (Å²) in [6, 6.07) is 0. The van der Waals surface area contributed by atoms with Crippen LogP contribution in [0.4, 0.5) is 96.6 Å². The fourth-order valence-electron chi connectivity index (χ4n) is 1.71. The van der Waals surface area contributed by atoms with Crippen molar-refractivity contribution in [1.29, 1.82) is 0 Å². The van der Waals surface area contributed by atoms with Gasteiger partial charge in [0.2, 0.25) is 0 Å². The number of ether oxygens (including phenoxy) is 1. The Morgan fingerprint density at radius 3 is 1.09 bits per heavy atom. The van der Waals surface area contributed by atoms with Gasteiger partial charge in [0.15, 0.2) is 0 Å². The second-order valence-electron chi connectivity index (χ2n) is 6.25. The molecular weight excluding hydrogens is 578 g/mol. The van der Waals surface area contributed by atoms with Gasteiger partial charge in [-0.2, -0.15) is 83.4 Å². The van der Waals surface area contributed by atoms with Crippen molar-refractivity contribution in [3.63, 3.8) is 0 Å². The van der Waals surface area contributed by atoms with Gasteiger partial charge >= 0.3 is 60.2 Å². The van der Waals surface area contributed by atoms with Crippen LogP contribution in [0.2, 0.25) is 0 Å². The molecule has 0 aromatic heterocycles. The maximum absolute atomic E-state index is 13.3. The Balaban J connectivity index is 6.43. The van der Waals surface area contributed by atoms with Gasteiger partial charge in [-0.1, -0.05) is 0 Å². The zero-order valence-electron chi connectivity index (χ0n) is 15.1. The van der Waals surface area contributed by atoms with E-state index in [4.69, 9.17) is 0 Å². The SMILES string of the molecule is FC(C(F)(F)F)C(F)(F)OCC(F)(F)C(F)(F)C(F)(F)C(F)(F)C(F)(F)C(F)(F)C(F)(F)C(F)F. The van der Waals surface area contributed by atoms with Gasteiger partial charge in [0.1, 0.15) is 6.61 Å². The molecule has 0 saturated carbocycles. The van der Waals surface area contributed by atoms with Crippen LogP contribution in [-0.2, 0) is 4.74 Å². The van der Waals surface area contributed by atoms with E-state index in [2.05, 4.69) is 0 Å². The first-order chi connectivity index (χ1) is 14.8. The number of halogens is 22. The van der Waals surface area contributed by atoms with Gasteiger partial charge in [0.05, 0.1) is 0 Å². The molecule has 212 valence electrons. The summed E-state index contributed by atoms with van der Waals surface area (Å²) >= 11 is 0. The third-order valence-corrected chi connectivity index (χ3v) is 3.76. The van der Waals surface area contributed by atoms with Crippen molar-refractivity contribution >= 4 is 0 Å². The van der Waals surface area contributed by atoms with Gasteiger partial charge < -0.3 is 4.74 Å². The van der Waals surface area contributed by atoms with Crippen LogP contribution in [0.25, 0.3) is 0 Å². The molecule has 35 heavy (non-hydrogen) atoms. The molecule has 0 aliphatic heterocycles. The maximum atomic E-state index is 13.3. The van der Waals surface area contributed by atoms with Gasteiger partial charge in [0.25, 0.3) is 6.17 Å². The van der Waals surface area contributed by atoms with Crippen molar-refractivity contribution in [3.8, 4) is 0 Å². The van der Waals surface area contributed by atoms with Gasteiger partial charge in [-0.05, 0) is 0 Å². The molecule has 0 saturated heterocycles. The summed E-state index contributed by atoms with van der Waals surface area (Å²) in [6.07, 6.45) is -25.1. The Morgan fingerprint density at radius 1 is 0.457 bits per heavy atom. The highest BCUT2D eigenvalue weighted by Gasteiger charge is 2.93. The lowest BCUT2D eigenvalue weighted by Gasteiger charge is -2.42. The van der Waals surface area contributed by atoms with Gasteiger partial charge in [-0.3, -0.25) is 0 Å². The minimum absolute atomic E-state index is 2.02. The van der Waals surface area contributed by atoms with Crippen LogP contribution in [0.15, 0.2) is 0 Å². The Labute approximate surface area is 176 Å². The lowest BCUT2D eigenvalue weighted by atomic mass is 9.89. The van der Waals surface area contributed by atoms with Crippen molar-refractivity contribution in [2.45, 2.75) is 66.3 Å². The summed E-state index contributed by atoms with van der Waals surface area (Å²) in [5.41, 5.74) is 0. The molecule has 23 heteroatoms. The molecule has 0 N–H and O–H groups in total. The third-order valence-electron chi connectivity index (χ3n) is 3.76. The molecular formula is C12H4F22O. The second-order valence-corrected chi connectivity index (χ2v) is 6.25. The minimum Gasteiger partial charge on any atom is -0.311 e. The van der Waals surface area contributed by atoms with Crippen molar-refractivity contribution in [2.75, 3.05) is 6.61 Å². The third kappa shape index (κ3) is 5.01. The molecule has 0 amide bonds. The smallest absolute Gasteiger partial charge is 0.311 e. The molecule has 0 heterocycles. The van der Waals surface area contributed by atoms with Crippen molar-refractivity contribution < 1.29 is 101 Å². The summed E-state index contributed by atoms with van der Waals surface area (Å²) in [5, 5.41) is 0. The van der Waals surface area contributed by atoms with E-state index in [9.17, 15) is 96.6 Å². The van der Waals surface area contributed by atoms with Crippen LogP contribution in [0.1, 0.15) is 0 Å². The molecule has 1 unspecified atom stereocenters. The summed E-state index contributed by atoms with van der Waals surface area (Å²) in [6.45, 7) is -4.33. The number of rotatable bonds is 11. The minimum atomic E-state index is -8.84. The quantitative estimate of drug-likeness (QED) is 0.234. The highest BCUT2D eigenvalue weighted by Crippen LogP contribution is 2.62. The molecule has 1 nitrogen and oxygen atoms in total. The van der Waals surface area contributed by atoms with E-state index in [0.717, 1.165) is 0 Å². The van der Waals surface area contributed by atoms with Gasteiger partial charge in [-0.15, -0.1) is 0 Å². The van der Waals surface area contributed by atoms with Gasteiger partial charge in [0, 0.05) is 0 Å². The molecule has 0 aromatic carbocycles. The number of hydrogen-bond donors (Lipinski definition) is 0. The van der Waals surface area contributed by atoms with Crippen LogP contribution >= 0.6 is 0 Å². The fourth-order valence-corrected chi connectivity index (χ4v) is 1.71. The zero-order valence-corrected chi connectivity index (χ0v) is 15.1. The molecule has 0 aliphatic carbocycles. The van der Waals surface area contributed by atoms with Crippen LogP contribution in [0.3, 0.4) is 0 Å². The van der Waals surface area contributed by atoms with E-state index in [1.54, 1.807) is 0 Å². The monoisotopic (exact) mass is 582 g/mol. The first kappa shape index (κ1) is 33.4. The normalized spacial score (nSPS) is 17.2. The highest BCUT2D eigenvalue weighted by molar-refractivity contribution is 5.14. The first-order valence-corrected chi connectivity index (χ1v) is 7.46. The van der Waals surface area contributed by atoms with E-state index < -0.39 is 72.9 Å². The van der Waals surface area contributed by atoms with E-state index in [1.807, 2.05) is 4.74 Å². The van der Waals surface area contributed by atoms with Crippen LogP contribution in [0.5, 0.6) is 0 Å². The summed E-state index contributed by atoms with van der Waals surface area (Å²) in [7, 11) is 0. The summed E-state index contributed by atoms with van der Waals surface area (Å²) in [5.74, 6) is -58.3. The van der Waals surface area contributed by atoms with E-state index in [-0.39, 0.29) is 0 Å². The van der Waals surface area contributed by atoms with Crippen molar-refractivity contribution in [1.82, 2.24) is 0 Å². The van der Waals surface area contributed by atoms with Crippen molar-refractivity contribution in [2.24, 2.45) is 0 Å². The summed E-state index contributed by atoms with van der Waals surface area (Å²) in [4.78, 5) is 0. The van der Waals surface area contributed by atoms with Crippen LogP contribution in [-0.4, -0.2) is 72.9 Å².